The van der Waals surface area contributed by atoms with Crippen molar-refractivity contribution in [1.82, 2.24) is 0 Å². The molecule has 0 saturated carbocycles. The van der Waals surface area contributed by atoms with Gasteiger partial charge in [0.05, 0.1) is 26.6 Å². The number of carbonyl (C=O) groups excluding carboxylic acids is 1. The third-order valence-corrected chi connectivity index (χ3v) is 8.53. The summed E-state index contributed by atoms with van der Waals surface area (Å²) in [4.78, 5) is 9.13. The Morgan fingerprint density at radius 1 is 0.767 bits per heavy atom. The number of nitrogens with one attached hydrogen (secondary N) is 2. The van der Waals surface area contributed by atoms with E-state index in [1.54, 1.807) is 6.07 Å². The first-order valence-corrected chi connectivity index (χ1v) is 15.6. The van der Waals surface area contributed by atoms with Crippen LogP contribution in [0.3, 0.4) is 0 Å². The van der Waals surface area contributed by atoms with Crippen LogP contribution in [0.4, 0.5) is 22.7 Å². The van der Waals surface area contributed by atoms with E-state index in [-0.39, 0.29) is 75.6 Å². The number of rotatable bonds is 8. The van der Waals surface area contributed by atoms with Crippen molar-refractivity contribution < 1.29 is 44.3 Å². The van der Waals surface area contributed by atoms with Crippen molar-refractivity contribution in [2.75, 3.05) is 10.0 Å². The van der Waals surface area contributed by atoms with Crippen LogP contribution in [0.1, 0.15) is 6.92 Å². The van der Waals surface area contributed by atoms with E-state index in [4.69, 9.17) is 0 Å². The Bertz CT molecular complexity index is 2040. The minimum absolute atomic E-state index is 0. The third kappa shape index (κ3) is 8.83. The minimum atomic E-state index is -5.12. The van der Waals surface area contributed by atoms with Crippen LogP contribution in [0.2, 0.25) is 0 Å². The first kappa shape index (κ1) is 36.8. The van der Waals surface area contributed by atoms with Gasteiger partial charge in [-0.3, -0.25) is 18.6 Å². The monoisotopic (exact) mass is 666 g/mol. The summed E-state index contributed by atoms with van der Waals surface area (Å²) in [6.07, 6.45) is 0. The number of sulfonamides is 1. The molecule has 0 aliphatic rings. The van der Waals surface area contributed by atoms with Gasteiger partial charge in [0.1, 0.15) is 10.6 Å². The molecule has 0 aliphatic carbocycles. The number of fused-ring (bicyclic) bond motifs is 1. The van der Waals surface area contributed by atoms with Crippen LogP contribution in [0.5, 0.6) is 5.75 Å². The fourth-order valence-corrected chi connectivity index (χ4v) is 5.99. The second kappa shape index (κ2) is 14.1. The molecular formula is C24H20N4Na2O10S3. The van der Waals surface area contributed by atoms with Gasteiger partial charge in [0.2, 0.25) is 5.91 Å². The zero-order chi connectivity index (χ0) is 30.2. The van der Waals surface area contributed by atoms with E-state index in [0.717, 1.165) is 12.1 Å². The number of nitrogens with zero attached hydrogens (tertiary/aromatic N) is 2. The smallest absolute Gasteiger partial charge is 0.296 e. The molecule has 0 spiro atoms. The molecule has 0 saturated heterocycles. The van der Waals surface area contributed by atoms with Gasteiger partial charge in [0.15, 0.2) is 5.75 Å². The second-order valence-corrected chi connectivity index (χ2v) is 12.9. The second-order valence-electron chi connectivity index (χ2n) is 8.44. The van der Waals surface area contributed by atoms with E-state index in [9.17, 15) is 44.3 Å². The number of hydrogen-bond donors (Lipinski definition) is 5. The van der Waals surface area contributed by atoms with Crippen LogP contribution in [0.25, 0.3) is 10.8 Å². The molecule has 1 amide bonds. The van der Waals surface area contributed by atoms with Crippen LogP contribution < -0.4 is 10.0 Å². The van der Waals surface area contributed by atoms with E-state index in [0.29, 0.717) is 11.8 Å². The normalized spacial score (nSPS) is 11.9. The maximum atomic E-state index is 13.0. The Labute approximate surface area is 290 Å². The SMILES string of the molecule is CC(=O)Nc1ccc(N=Nc2c(S(=O)(=O)O)cc3cc(S(=O)(=O)O)cc(NS(=O)(=O)c4ccccc4)c3c2O)cc1.[Na].[Na]. The molecule has 5 N–H and O–H groups in total. The molecular weight excluding hydrogens is 646 g/mol. The first-order chi connectivity index (χ1) is 19.1. The van der Waals surface area contributed by atoms with Gasteiger partial charge in [-0.2, -0.15) is 21.9 Å². The summed E-state index contributed by atoms with van der Waals surface area (Å²) < 4.78 is 95.9. The number of azo groups is 1. The molecule has 14 nitrogen and oxygen atoms in total. The summed E-state index contributed by atoms with van der Waals surface area (Å²) in [6.45, 7) is 1.31. The van der Waals surface area contributed by atoms with Gasteiger partial charge in [-0.25, -0.2) is 8.42 Å². The van der Waals surface area contributed by atoms with Crippen LogP contribution >= 0.6 is 0 Å². The number of aromatic hydroxyl groups is 1. The molecule has 4 aromatic carbocycles. The van der Waals surface area contributed by atoms with Crippen LogP contribution in [-0.2, 0) is 35.1 Å². The number of amides is 1. The molecule has 0 unspecified atom stereocenters. The quantitative estimate of drug-likeness (QED) is 0.104. The Balaban J connectivity index is 0.00000323. The number of hydrogen-bond acceptors (Lipinski definition) is 10. The Hall–Kier alpha value is -2.42. The van der Waals surface area contributed by atoms with Crippen molar-refractivity contribution in [3.63, 3.8) is 0 Å². The van der Waals surface area contributed by atoms with E-state index in [1.807, 2.05) is 0 Å². The largest absolute Gasteiger partial charge is 0.505 e. The molecule has 0 aliphatic heterocycles. The van der Waals surface area contributed by atoms with Crippen LogP contribution in [0, 0.1) is 0 Å². The van der Waals surface area contributed by atoms with Crippen molar-refractivity contribution in [3.05, 3.63) is 72.8 Å². The average Bonchev–Trinajstić information content (AvgIpc) is 2.87. The minimum Gasteiger partial charge on any atom is -0.505 e. The van der Waals surface area contributed by atoms with Crippen LogP contribution in [-0.4, -0.2) is 104 Å². The van der Waals surface area contributed by atoms with E-state index >= 15 is 0 Å². The first-order valence-electron chi connectivity index (χ1n) is 11.2. The zero-order valence-electron chi connectivity index (χ0n) is 22.7. The molecule has 216 valence electrons. The molecule has 19 heteroatoms. The predicted octanol–water partition coefficient (Wildman–Crippen LogP) is 3.45. The maximum Gasteiger partial charge on any atom is 0.296 e. The molecule has 4 aromatic rings. The number of benzene rings is 4. The average molecular weight is 667 g/mol. The topological polar surface area (TPSA) is 229 Å². The van der Waals surface area contributed by atoms with Gasteiger partial charge in [-0.1, -0.05) is 18.2 Å². The Morgan fingerprint density at radius 2 is 1.37 bits per heavy atom. The Morgan fingerprint density at radius 3 is 1.91 bits per heavy atom. The van der Waals surface area contributed by atoms with Crippen molar-refractivity contribution in [3.8, 4) is 5.75 Å². The van der Waals surface area contributed by atoms with Crippen molar-refractivity contribution >= 4 is 129 Å². The summed E-state index contributed by atoms with van der Waals surface area (Å²) in [6, 6.07) is 14.8. The number of phenolic OH excluding ortho intramolecular Hbond substituents is 1. The van der Waals surface area contributed by atoms with Gasteiger partial charge in [0.25, 0.3) is 30.3 Å². The number of carbonyl (C=O) groups is 1. The predicted molar refractivity (Wildman–Crippen MR) is 159 cm³/mol. The van der Waals surface area contributed by atoms with Gasteiger partial charge in [-0.15, -0.1) is 5.11 Å². The van der Waals surface area contributed by atoms with Gasteiger partial charge < -0.3 is 10.4 Å². The van der Waals surface area contributed by atoms with Gasteiger partial charge in [0, 0.05) is 71.7 Å². The summed E-state index contributed by atoms with van der Waals surface area (Å²) in [5, 5.41) is 20.5. The molecule has 2 radical (unpaired) electrons. The molecule has 0 heterocycles. The fourth-order valence-electron chi connectivity index (χ4n) is 3.71. The number of phenols is 1. The van der Waals surface area contributed by atoms with E-state index in [1.165, 1.54) is 55.5 Å². The molecule has 0 fully saturated rings. The standard InChI is InChI=1S/C24H20N4O10S3.2Na/c1-14(29)25-16-7-9-17(10-8-16)26-27-23-21(41(36,37)38)12-15-11-19(40(33,34)35)13-20(22(15)24(23)30)28-39(31,32)18-5-3-2-4-6-18;;/h2-13,28,30H,1H3,(H,25,29)(H,33,34,35)(H,36,37,38);;. The molecule has 4 rings (SSSR count). The van der Waals surface area contributed by atoms with Crippen molar-refractivity contribution in [2.45, 2.75) is 21.6 Å². The number of anilines is 2. The van der Waals surface area contributed by atoms with Crippen LogP contribution in [0.15, 0.2) is 97.7 Å². The maximum absolute atomic E-state index is 13.0. The third-order valence-electron chi connectivity index (χ3n) is 5.45. The zero-order valence-corrected chi connectivity index (χ0v) is 29.2. The summed E-state index contributed by atoms with van der Waals surface area (Å²) in [5.41, 5.74) is -0.805. The molecule has 43 heavy (non-hydrogen) atoms. The summed E-state index contributed by atoms with van der Waals surface area (Å²) in [5.74, 6) is -1.31. The van der Waals surface area contributed by atoms with E-state index in [2.05, 4.69) is 20.3 Å². The fraction of sp³-hybridized carbons (Fsp3) is 0.0417. The van der Waals surface area contributed by atoms with E-state index < -0.39 is 67.9 Å². The Kier molecular flexibility index (Phi) is 12.1. The molecule has 0 aromatic heterocycles. The molecule has 0 atom stereocenters. The molecule has 0 bridgehead atoms. The summed E-state index contributed by atoms with van der Waals surface area (Å²) in [7, 11) is -14.5. The van der Waals surface area contributed by atoms with Gasteiger partial charge >= 0.3 is 0 Å². The van der Waals surface area contributed by atoms with Gasteiger partial charge in [-0.05, 0) is 60.0 Å². The van der Waals surface area contributed by atoms with Crippen molar-refractivity contribution in [1.29, 1.82) is 0 Å². The summed E-state index contributed by atoms with van der Waals surface area (Å²) >= 11 is 0. The van der Waals surface area contributed by atoms with Crippen molar-refractivity contribution in [2.24, 2.45) is 10.2 Å².